The van der Waals surface area contributed by atoms with E-state index < -0.39 is 8.07 Å². The first-order valence-corrected chi connectivity index (χ1v) is 10.8. The quantitative estimate of drug-likeness (QED) is 0.363. The molecule has 0 unspecified atom stereocenters. The van der Waals surface area contributed by atoms with Crippen LogP contribution in [-0.4, -0.2) is 28.0 Å². The molecule has 0 bridgehead atoms. The van der Waals surface area contributed by atoms with Crippen molar-refractivity contribution in [1.82, 2.24) is 5.32 Å². The van der Waals surface area contributed by atoms with Crippen LogP contribution in [0.3, 0.4) is 0 Å². The van der Waals surface area contributed by atoms with Gasteiger partial charge in [0.2, 0.25) is 0 Å². The van der Waals surface area contributed by atoms with Crippen molar-refractivity contribution in [3.8, 4) is 11.5 Å². The Labute approximate surface area is 143 Å². The van der Waals surface area contributed by atoms with E-state index in [0.29, 0.717) is 16.6 Å². The Hall–Kier alpha value is -1.53. The lowest BCUT2D eigenvalue weighted by Crippen LogP contribution is -2.43. The van der Waals surface area contributed by atoms with Gasteiger partial charge in [0.15, 0.2) is 0 Å². The third-order valence-electron chi connectivity index (χ3n) is 4.91. The van der Waals surface area contributed by atoms with Crippen LogP contribution in [0.4, 0.5) is 0 Å². The van der Waals surface area contributed by atoms with Gasteiger partial charge in [-0.25, -0.2) is 0 Å². The molecular formula is C20H32N2Si. The first-order chi connectivity index (χ1) is 10.8. The van der Waals surface area contributed by atoms with E-state index in [-0.39, 0.29) is 0 Å². The molecule has 1 N–H and O–H groups in total. The maximum atomic E-state index is 4.24. The average molecular weight is 329 g/mol. The summed E-state index contributed by atoms with van der Waals surface area (Å²) in [5, 5.41) is 3.11. The molecule has 0 fully saturated rings. The first-order valence-electron chi connectivity index (χ1n) is 8.57. The summed E-state index contributed by atoms with van der Waals surface area (Å²) in [7, 11) is 2.04. The third-order valence-corrected chi connectivity index (χ3v) is 11.2. The number of rotatable bonds is 4. The Morgan fingerprint density at radius 2 is 1.43 bits per heavy atom. The Morgan fingerprint density at radius 1 is 0.957 bits per heavy atom. The van der Waals surface area contributed by atoms with Crippen molar-refractivity contribution in [3.05, 3.63) is 35.4 Å². The number of nitrogens with one attached hydrogen (secondary N) is 1. The van der Waals surface area contributed by atoms with Crippen LogP contribution in [0.25, 0.3) is 0 Å². The molecule has 0 heterocycles. The van der Waals surface area contributed by atoms with Crippen LogP contribution in [0.1, 0.15) is 52.7 Å². The summed E-state index contributed by atoms with van der Waals surface area (Å²) < 4.78 is 0. The van der Waals surface area contributed by atoms with E-state index in [0.717, 1.165) is 17.0 Å². The van der Waals surface area contributed by atoms with Gasteiger partial charge in [-0.15, -0.1) is 5.54 Å². The van der Waals surface area contributed by atoms with Gasteiger partial charge in [0.1, 0.15) is 13.9 Å². The maximum absolute atomic E-state index is 4.24. The summed E-state index contributed by atoms with van der Waals surface area (Å²) in [6.45, 7) is 14.1. The minimum atomic E-state index is -1.66. The van der Waals surface area contributed by atoms with Gasteiger partial charge in [0.05, 0.1) is 0 Å². The number of hydrogen-bond donors (Lipinski definition) is 1. The highest BCUT2D eigenvalue weighted by atomic mass is 28.3. The van der Waals surface area contributed by atoms with Crippen LogP contribution in [0.15, 0.2) is 29.3 Å². The zero-order valence-electron chi connectivity index (χ0n) is 16.0. The molecule has 1 rings (SSSR count). The fourth-order valence-corrected chi connectivity index (χ4v) is 8.94. The summed E-state index contributed by atoms with van der Waals surface area (Å²) in [5.41, 5.74) is 7.95. The third kappa shape index (κ3) is 4.26. The van der Waals surface area contributed by atoms with Crippen molar-refractivity contribution in [3.63, 3.8) is 0 Å². The van der Waals surface area contributed by atoms with Crippen LogP contribution in [0.2, 0.25) is 16.6 Å². The van der Waals surface area contributed by atoms with E-state index >= 15 is 0 Å². The summed E-state index contributed by atoms with van der Waals surface area (Å²) in [5.74, 6) is 4.39. The summed E-state index contributed by atoms with van der Waals surface area (Å²) in [6.07, 6.45) is 0. The highest BCUT2D eigenvalue weighted by Crippen LogP contribution is 2.40. The number of aliphatic imine (C=N–C) groups is 1. The molecule has 0 aliphatic rings. The van der Waals surface area contributed by atoms with E-state index in [1.165, 1.54) is 0 Å². The molecule has 0 aromatic heterocycles. The van der Waals surface area contributed by atoms with E-state index in [9.17, 15) is 0 Å². The Kier molecular flexibility index (Phi) is 7.09. The van der Waals surface area contributed by atoms with E-state index in [4.69, 9.17) is 0 Å². The fourth-order valence-electron chi connectivity index (χ4n) is 3.71. The Balaban J connectivity index is 3.18. The molecule has 1 aromatic carbocycles. The number of amidine groups is 1. The molecule has 126 valence electrons. The van der Waals surface area contributed by atoms with Crippen molar-refractivity contribution in [1.29, 1.82) is 0 Å². The SMILES string of the molecule is CN=C(NC)c1ccc(C#C[Si](C(C)C)(C(C)C)C(C)C)cc1. The number of nitrogens with zero attached hydrogens (tertiary/aromatic N) is 1. The molecule has 1 aromatic rings. The molecule has 0 saturated heterocycles. The molecule has 0 spiro atoms. The maximum Gasteiger partial charge on any atom is 0.146 e. The molecule has 0 saturated carbocycles. The molecule has 0 atom stereocenters. The van der Waals surface area contributed by atoms with Crippen molar-refractivity contribution in [2.75, 3.05) is 14.1 Å². The number of hydrogen-bond acceptors (Lipinski definition) is 1. The monoisotopic (exact) mass is 328 g/mol. The molecule has 0 aliphatic heterocycles. The zero-order valence-corrected chi connectivity index (χ0v) is 17.0. The molecular weight excluding hydrogens is 296 g/mol. The fraction of sp³-hybridized carbons (Fsp3) is 0.550. The molecule has 2 nitrogen and oxygen atoms in total. The Bertz CT molecular complexity index is 565. The standard InChI is InChI=1S/C20H32N2Si/c1-15(2)23(16(3)4,17(5)6)14-13-18-9-11-19(12-10-18)20(21-7)22-8/h9-12,15-17H,1-8H3,(H,21,22). The lowest BCUT2D eigenvalue weighted by molar-refractivity contribution is 0.838. The van der Waals surface area contributed by atoms with Gasteiger partial charge in [0, 0.05) is 25.2 Å². The lowest BCUT2D eigenvalue weighted by atomic mass is 10.1. The van der Waals surface area contributed by atoms with Gasteiger partial charge in [-0.3, -0.25) is 4.99 Å². The van der Waals surface area contributed by atoms with Crippen molar-refractivity contribution >= 4 is 13.9 Å². The zero-order chi connectivity index (χ0) is 17.6. The van der Waals surface area contributed by atoms with Crippen molar-refractivity contribution in [2.24, 2.45) is 4.99 Å². The van der Waals surface area contributed by atoms with E-state index in [1.54, 1.807) is 7.05 Å². The van der Waals surface area contributed by atoms with Crippen LogP contribution < -0.4 is 5.32 Å². The predicted octanol–water partition coefficient (Wildman–Crippen LogP) is 4.85. The van der Waals surface area contributed by atoms with Crippen LogP contribution in [0, 0.1) is 11.5 Å². The smallest absolute Gasteiger partial charge is 0.146 e. The molecule has 0 aliphatic carbocycles. The van der Waals surface area contributed by atoms with Crippen molar-refractivity contribution < 1.29 is 0 Å². The molecule has 3 heteroatoms. The second kappa shape index (κ2) is 8.36. The molecule has 23 heavy (non-hydrogen) atoms. The highest BCUT2D eigenvalue weighted by molar-refractivity contribution is 6.90. The largest absolute Gasteiger partial charge is 0.373 e. The van der Waals surface area contributed by atoms with E-state index in [2.05, 4.69) is 87.6 Å². The van der Waals surface area contributed by atoms with Gasteiger partial charge in [-0.2, -0.15) is 0 Å². The van der Waals surface area contributed by atoms with E-state index in [1.807, 2.05) is 7.05 Å². The number of benzene rings is 1. The van der Waals surface area contributed by atoms with Gasteiger partial charge < -0.3 is 5.32 Å². The molecule has 0 radical (unpaired) electrons. The summed E-state index contributed by atoms with van der Waals surface area (Å²) in [6, 6.07) is 8.38. The topological polar surface area (TPSA) is 24.4 Å². The normalized spacial score (nSPS) is 12.6. The average Bonchev–Trinajstić information content (AvgIpc) is 2.49. The van der Waals surface area contributed by atoms with Gasteiger partial charge >= 0.3 is 0 Å². The van der Waals surface area contributed by atoms with Gasteiger partial charge in [-0.05, 0) is 28.8 Å². The van der Waals surface area contributed by atoms with Crippen molar-refractivity contribution in [2.45, 2.75) is 58.2 Å². The van der Waals surface area contributed by atoms with Gasteiger partial charge in [0.25, 0.3) is 0 Å². The van der Waals surface area contributed by atoms with Gasteiger partial charge in [-0.1, -0.05) is 59.6 Å². The minimum absolute atomic E-state index is 0.664. The second-order valence-electron chi connectivity index (χ2n) is 7.05. The Morgan fingerprint density at radius 3 is 1.78 bits per heavy atom. The lowest BCUT2D eigenvalue weighted by Gasteiger charge is -2.38. The summed E-state index contributed by atoms with van der Waals surface area (Å²) in [4.78, 5) is 4.24. The summed E-state index contributed by atoms with van der Waals surface area (Å²) >= 11 is 0. The molecule has 0 amide bonds. The first kappa shape index (κ1) is 19.5. The van der Waals surface area contributed by atoms with Crippen LogP contribution in [0.5, 0.6) is 0 Å². The highest BCUT2D eigenvalue weighted by Gasteiger charge is 2.41. The minimum Gasteiger partial charge on any atom is -0.373 e. The second-order valence-corrected chi connectivity index (χ2v) is 12.6. The van der Waals surface area contributed by atoms with Crippen LogP contribution >= 0.6 is 0 Å². The van der Waals surface area contributed by atoms with Crippen LogP contribution in [-0.2, 0) is 0 Å². The predicted molar refractivity (Wildman–Crippen MR) is 106 cm³/mol.